The Bertz CT molecular complexity index is 1440. The highest BCUT2D eigenvalue weighted by Crippen LogP contribution is 2.37. The summed E-state index contributed by atoms with van der Waals surface area (Å²) >= 11 is 1.40. The number of aromatic nitrogens is 4. The van der Waals surface area contributed by atoms with Crippen LogP contribution in [0, 0.1) is 24.2 Å². The molecule has 3 aromatic heterocycles. The van der Waals surface area contributed by atoms with Crippen LogP contribution < -0.4 is 9.62 Å². The number of nitrogens with one attached hydrogen (secondary N) is 1. The Kier molecular flexibility index (Phi) is 5.77. The maximum Gasteiger partial charge on any atom is 0.242 e. The number of anilines is 1. The van der Waals surface area contributed by atoms with Crippen LogP contribution in [0.5, 0.6) is 0 Å². The Labute approximate surface area is 207 Å². The maximum absolute atomic E-state index is 13.3. The average Bonchev–Trinajstić information content (AvgIpc) is 3.25. The average molecular weight is 515 g/mol. The Hall–Kier alpha value is -3.08. The van der Waals surface area contributed by atoms with Gasteiger partial charge < -0.3 is 9.80 Å². The number of hydrogen-bond acceptors (Lipinski definition) is 9. The number of nitriles is 1. The van der Waals surface area contributed by atoms with E-state index >= 15 is 0 Å². The molecular formula is C22H26N8O3S2. The van der Waals surface area contributed by atoms with Crippen LogP contribution in [0.1, 0.15) is 31.7 Å². The van der Waals surface area contributed by atoms with Gasteiger partial charge >= 0.3 is 0 Å². The van der Waals surface area contributed by atoms with E-state index in [2.05, 4.69) is 26.1 Å². The number of nitrogens with zero attached hydrogens (tertiary/aromatic N) is 7. The second kappa shape index (κ2) is 8.54. The van der Waals surface area contributed by atoms with Gasteiger partial charge in [0.15, 0.2) is 5.01 Å². The third-order valence-corrected chi connectivity index (χ3v) is 8.73. The van der Waals surface area contributed by atoms with E-state index in [9.17, 15) is 18.5 Å². The monoisotopic (exact) mass is 514 g/mol. The fourth-order valence-corrected chi connectivity index (χ4v) is 6.31. The summed E-state index contributed by atoms with van der Waals surface area (Å²) in [6.07, 6.45) is 2.65. The topological polar surface area (TPSA) is 137 Å². The van der Waals surface area contributed by atoms with Crippen LogP contribution in [0.25, 0.3) is 16.1 Å². The molecule has 1 aliphatic heterocycles. The van der Waals surface area contributed by atoms with Gasteiger partial charge in [0.2, 0.25) is 15.9 Å². The summed E-state index contributed by atoms with van der Waals surface area (Å²) in [7, 11) is -3.96. The van der Waals surface area contributed by atoms with Gasteiger partial charge in [-0.2, -0.15) is 15.1 Å². The van der Waals surface area contributed by atoms with Gasteiger partial charge in [0.05, 0.1) is 28.2 Å². The van der Waals surface area contributed by atoms with Crippen LogP contribution in [-0.4, -0.2) is 70.8 Å². The Morgan fingerprint density at radius 3 is 2.49 bits per heavy atom. The van der Waals surface area contributed by atoms with Crippen molar-refractivity contribution in [1.82, 2.24) is 29.4 Å². The summed E-state index contributed by atoms with van der Waals surface area (Å²) in [5, 5.41) is 23.7. The van der Waals surface area contributed by atoms with Gasteiger partial charge in [0, 0.05) is 38.2 Å². The first kappa shape index (κ1) is 23.7. The van der Waals surface area contributed by atoms with E-state index in [0.717, 1.165) is 5.01 Å². The van der Waals surface area contributed by atoms with Crippen LogP contribution in [0.3, 0.4) is 0 Å². The predicted octanol–water partition coefficient (Wildman–Crippen LogP) is 1.80. The molecule has 0 aromatic carbocycles. The summed E-state index contributed by atoms with van der Waals surface area (Å²) in [5.41, 5.74) is 0.235. The van der Waals surface area contributed by atoms with Crippen molar-refractivity contribution in [3.8, 4) is 16.6 Å². The summed E-state index contributed by atoms with van der Waals surface area (Å²) in [6.45, 7) is 7.78. The molecule has 1 aliphatic carbocycles. The molecule has 13 heteroatoms. The molecule has 1 saturated heterocycles. The van der Waals surface area contributed by atoms with E-state index in [-0.39, 0.29) is 16.7 Å². The minimum atomic E-state index is -3.96. The van der Waals surface area contributed by atoms with Crippen LogP contribution in [0.4, 0.5) is 5.82 Å². The largest absolute Gasteiger partial charge is 0.353 e. The van der Waals surface area contributed by atoms with Crippen LogP contribution in [0.2, 0.25) is 0 Å². The zero-order valence-electron chi connectivity index (χ0n) is 19.7. The number of carbonyl (C=O) groups is 1. The van der Waals surface area contributed by atoms with Crippen molar-refractivity contribution in [1.29, 1.82) is 5.26 Å². The lowest BCUT2D eigenvalue weighted by Crippen LogP contribution is -2.50. The Morgan fingerprint density at radius 2 is 1.91 bits per heavy atom. The molecule has 3 aromatic rings. The molecule has 0 atom stereocenters. The molecule has 0 bridgehead atoms. The van der Waals surface area contributed by atoms with Crippen LogP contribution in [-0.2, 0) is 14.8 Å². The third kappa shape index (κ3) is 4.37. The summed E-state index contributed by atoms with van der Waals surface area (Å²) in [6, 6.07) is 5.24. The van der Waals surface area contributed by atoms with Crippen molar-refractivity contribution >= 4 is 38.6 Å². The van der Waals surface area contributed by atoms with Gasteiger partial charge in [-0.25, -0.2) is 12.9 Å². The number of rotatable bonds is 6. The lowest BCUT2D eigenvalue weighted by molar-refractivity contribution is -0.134. The number of fused-ring (bicyclic) bond motifs is 1. The number of hydrogen-bond donors (Lipinski definition) is 1. The zero-order chi connectivity index (χ0) is 25.0. The fraction of sp³-hybridized carbons (Fsp3) is 0.500. The van der Waals surface area contributed by atoms with Crippen molar-refractivity contribution in [2.75, 3.05) is 31.1 Å². The van der Waals surface area contributed by atoms with E-state index in [1.54, 1.807) is 22.8 Å². The zero-order valence-corrected chi connectivity index (χ0v) is 21.4. The Morgan fingerprint density at radius 1 is 1.20 bits per heavy atom. The van der Waals surface area contributed by atoms with Crippen LogP contribution in [0.15, 0.2) is 23.2 Å². The first-order valence-corrected chi connectivity index (χ1v) is 13.7. The second-order valence-electron chi connectivity index (χ2n) is 9.30. The molecule has 4 heterocycles. The Balaban J connectivity index is 1.57. The molecule has 11 nitrogen and oxygen atoms in total. The summed E-state index contributed by atoms with van der Waals surface area (Å²) < 4.78 is 30.9. The van der Waals surface area contributed by atoms with Gasteiger partial charge in [-0.05, 0) is 25.8 Å². The maximum atomic E-state index is 13.3. The minimum absolute atomic E-state index is 0.0604. The highest BCUT2D eigenvalue weighted by molar-refractivity contribution is 7.89. The lowest BCUT2D eigenvalue weighted by atomic mass is 10.1. The molecule has 184 valence electrons. The number of sulfonamides is 1. The number of pyridine rings is 1. The molecule has 2 fully saturated rings. The van der Waals surface area contributed by atoms with Crippen molar-refractivity contribution in [2.24, 2.45) is 5.92 Å². The molecule has 5 rings (SSSR count). The highest BCUT2D eigenvalue weighted by atomic mass is 32.2. The third-order valence-electron chi connectivity index (χ3n) is 6.34. The number of piperazine rings is 1. The molecular weight excluding hydrogens is 488 g/mol. The predicted molar refractivity (Wildman–Crippen MR) is 130 cm³/mol. The van der Waals surface area contributed by atoms with Crippen molar-refractivity contribution < 1.29 is 13.2 Å². The molecule has 35 heavy (non-hydrogen) atoms. The second-order valence-corrected chi connectivity index (χ2v) is 12.2. The molecule has 1 amide bonds. The number of amides is 1. The molecule has 1 N–H and O–H groups in total. The smallest absolute Gasteiger partial charge is 0.242 e. The number of aryl methyl sites for hydroxylation is 1. The van der Waals surface area contributed by atoms with E-state index in [1.807, 2.05) is 30.6 Å². The van der Waals surface area contributed by atoms with Crippen molar-refractivity contribution in [3.05, 3.63) is 23.3 Å². The normalized spacial score (nSPS) is 17.7. The minimum Gasteiger partial charge on any atom is -0.353 e. The SMILES string of the molecule is Cc1nnc(-c2cnn3c(N4CCN(C(=O)C(C)C)CC4)cc(S(=O)(=O)NC4(C#N)CC4)cc23)s1. The van der Waals surface area contributed by atoms with E-state index in [1.165, 1.54) is 11.3 Å². The highest BCUT2D eigenvalue weighted by Gasteiger charge is 2.47. The lowest BCUT2D eigenvalue weighted by Gasteiger charge is -2.37. The molecule has 0 unspecified atom stereocenters. The van der Waals surface area contributed by atoms with Gasteiger partial charge in [0.25, 0.3) is 0 Å². The van der Waals surface area contributed by atoms with Crippen molar-refractivity contribution in [2.45, 2.75) is 44.0 Å². The first-order valence-electron chi connectivity index (χ1n) is 11.4. The van der Waals surface area contributed by atoms with Crippen molar-refractivity contribution in [3.63, 3.8) is 0 Å². The van der Waals surface area contributed by atoms with Gasteiger partial charge in [-0.15, -0.1) is 10.2 Å². The molecule has 2 aliphatic rings. The molecule has 0 radical (unpaired) electrons. The van der Waals surface area contributed by atoms with Gasteiger partial charge in [0.1, 0.15) is 16.4 Å². The first-order chi connectivity index (χ1) is 16.6. The summed E-state index contributed by atoms with van der Waals surface area (Å²) in [5.74, 6) is 0.634. The van der Waals surface area contributed by atoms with E-state index in [4.69, 9.17) is 0 Å². The van der Waals surface area contributed by atoms with Crippen LogP contribution >= 0.6 is 11.3 Å². The summed E-state index contributed by atoms with van der Waals surface area (Å²) in [4.78, 5) is 16.4. The fourth-order valence-electron chi connectivity index (χ4n) is 4.19. The molecule has 0 spiro atoms. The number of carbonyl (C=O) groups excluding carboxylic acids is 1. The van der Waals surface area contributed by atoms with Gasteiger partial charge in [-0.1, -0.05) is 25.2 Å². The molecule has 1 saturated carbocycles. The standard InChI is InChI=1S/C22H26N8O3S2/c1-14(2)21(31)29-8-6-28(7-9-29)19-11-16(35(32,33)27-22(13-23)4-5-22)10-18-17(12-24-30(18)19)20-26-25-15(3)34-20/h10-12,14,27H,4-9H2,1-3H3. The van der Waals surface area contributed by atoms with Gasteiger partial charge in [-0.3, -0.25) is 4.79 Å². The quantitative estimate of drug-likeness (QED) is 0.526. The van der Waals surface area contributed by atoms with E-state index in [0.29, 0.717) is 60.9 Å². The van der Waals surface area contributed by atoms with E-state index < -0.39 is 15.6 Å².